The number of benzene rings is 10. The minimum atomic E-state index is 0.211. The van der Waals surface area contributed by atoms with Crippen molar-refractivity contribution < 1.29 is 0 Å². The van der Waals surface area contributed by atoms with E-state index in [-0.39, 0.29) is 14.5 Å². The smallest absolute Gasteiger partial charge is 0.0616 e. The Morgan fingerprint density at radius 2 is 1.07 bits per heavy atom. The Bertz CT molecular complexity index is 3860. The molecule has 10 aromatic carbocycles. The molecule has 0 spiro atoms. The molecule has 3 heterocycles. The van der Waals surface area contributed by atoms with Crippen LogP contribution in [0.4, 0.5) is 0 Å². The molecule has 0 atom stereocenters. The van der Waals surface area contributed by atoms with E-state index >= 15 is 0 Å². The molecule has 0 amide bonds. The molecule has 4 heteroatoms. The summed E-state index contributed by atoms with van der Waals surface area (Å²) in [7, 11) is 0. The summed E-state index contributed by atoms with van der Waals surface area (Å²) in [5.41, 5.74) is 6.52. The van der Waals surface area contributed by atoms with Crippen molar-refractivity contribution in [1.82, 2.24) is 9.97 Å². The Kier molecular flexibility index (Phi) is 6.93. The van der Waals surface area contributed by atoms with Crippen LogP contribution in [0.2, 0.25) is 0 Å². The van der Waals surface area contributed by atoms with Gasteiger partial charge in [0, 0.05) is 0 Å². The first-order chi connectivity index (χ1) is 28.7. The van der Waals surface area contributed by atoms with Crippen LogP contribution in [0.5, 0.6) is 0 Å². The van der Waals surface area contributed by atoms with E-state index < -0.39 is 0 Å². The van der Waals surface area contributed by atoms with Gasteiger partial charge in [0.25, 0.3) is 0 Å². The van der Waals surface area contributed by atoms with Crippen molar-refractivity contribution in [2.75, 3.05) is 0 Å². The van der Waals surface area contributed by atoms with Gasteiger partial charge in [-0.2, -0.15) is 0 Å². The van der Waals surface area contributed by atoms with Crippen molar-refractivity contribution in [2.24, 2.45) is 0 Å². The van der Waals surface area contributed by atoms with E-state index in [1.807, 2.05) is 11.3 Å². The van der Waals surface area contributed by atoms with E-state index in [0.717, 1.165) is 38.9 Å². The zero-order chi connectivity index (χ0) is 37.9. The normalized spacial score (nSPS) is 12.1. The van der Waals surface area contributed by atoms with E-state index in [4.69, 9.17) is 9.97 Å². The Labute approximate surface area is 343 Å². The molecule has 3 aromatic heterocycles. The Morgan fingerprint density at radius 3 is 2.00 bits per heavy atom. The van der Waals surface area contributed by atoms with Crippen molar-refractivity contribution in [3.8, 4) is 33.8 Å². The van der Waals surface area contributed by atoms with E-state index in [2.05, 4.69) is 182 Å². The van der Waals surface area contributed by atoms with Gasteiger partial charge in [-0.3, -0.25) is 0 Å². The van der Waals surface area contributed by atoms with Crippen LogP contribution < -0.4 is 0 Å². The topological polar surface area (TPSA) is 25.8 Å². The van der Waals surface area contributed by atoms with Crippen molar-refractivity contribution in [1.29, 1.82) is 0 Å². The summed E-state index contributed by atoms with van der Waals surface area (Å²) in [5, 5.41) is 16.5. The average molecular weight is 818 g/mol. The summed E-state index contributed by atoms with van der Waals surface area (Å²) in [4.78, 5) is 10.8. The summed E-state index contributed by atoms with van der Waals surface area (Å²) in [6.45, 7) is 0. The number of rotatable bonds is 3. The maximum absolute atomic E-state index is 5.39. The molecular weight excluding hydrogens is 788 g/mol. The molecule has 2 nitrogen and oxygen atoms in total. The number of nitrogens with zero attached hydrogens (tertiary/aromatic N) is 2. The summed E-state index contributed by atoms with van der Waals surface area (Å²) < 4.78 is 5.60. The molecule has 0 bridgehead atoms. The fourth-order valence-electron chi connectivity index (χ4n) is 9.36. The minimum absolute atomic E-state index is 0.211. The molecule has 0 aliphatic rings. The van der Waals surface area contributed by atoms with E-state index in [1.165, 1.54) is 88.3 Å². The minimum Gasteiger partial charge on any atom is -0.0616 e. The third-order valence-electron chi connectivity index (χ3n) is 12.0. The van der Waals surface area contributed by atoms with E-state index in [9.17, 15) is 0 Å². The number of hydrogen-bond acceptors (Lipinski definition) is 3. The molecule has 0 radical (unpaired) electrons. The van der Waals surface area contributed by atoms with Crippen LogP contribution in [0.25, 0.3) is 127 Å². The van der Waals surface area contributed by atoms with E-state index in [0.29, 0.717) is 0 Å². The van der Waals surface area contributed by atoms with Gasteiger partial charge >= 0.3 is 303 Å². The zero-order valence-electron chi connectivity index (χ0n) is 31.0. The van der Waals surface area contributed by atoms with Crippen LogP contribution in [0.1, 0.15) is 0 Å². The Hall–Kier alpha value is -6.68. The van der Waals surface area contributed by atoms with Gasteiger partial charge in [-0.1, -0.05) is 42.5 Å². The van der Waals surface area contributed by atoms with Gasteiger partial charge in [-0.05, 0) is 0 Å². The van der Waals surface area contributed by atoms with Crippen LogP contribution in [0, 0.1) is 0 Å². The molecular formula is C54H30N2SSe. The number of fused-ring (bicyclic) bond motifs is 16. The van der Waals surface area contributed by atoms with Crippen molar-refractivity contribution >= 4 is 119 Å². The van der Waals surface area contributed by atoms with Crippen LogP contribution in [-0.4, -0.2) is 24.5 Å². The third-order valence-corrected chi connectivity index (χ3v) is 15.8. The van der Waals surface area contributed by atoms with Gasteiger partial charge in [0.15, 0.2) is 0 Å². The maximum atomic E-state index is 5.39. The van der Waals surface area contributed by atoms with E-state index in [1.54, 1.807) is 0 Å². The second-order valence-electron chi connectivity index (χ2n) is 15.2. The molecule has 0 aliphatic carbocycles. The molecule has 0 saturated heterocycles. The van der Waals surface area contributed by atoms with Crippen molar-refractivity contribution in [3.63, 3.8) is 0 Å². The standard InChI is InChI=1S/C54H30N2SSe/c1-2-12-32(13-3-1)50-44-26-21-31-11-4-5-14-35(31)51(44)56-54(55-50)34-23-24-37-40-27-28-43-39-16-7-9-20-48(39)58-53(43)49(40)41-25-22-33(29-46(41)45(37)30-34)36-17-10-18-42-38-15-6-8-19-47(38)57-52(36)42/h1-30H. The summed E-state index contributed by atoms with van der Waals surface area (Å²) in [6, 6.07) is 66.9. The Morgan fingerprint density at radius 1 is 0.397 bits per heavy atom. The third kappa shape index (κ3) is 4.71. The van der Waals surface area contributed by atoms with Crippen LogP contribution in [0.15, 0.2) is 182 Å². The second-order valence-corrected chi connectivity index (χ2v) is 18.5. The van der Waals surface area contributed by atoms with Gasteiger partial charge < -0.3 is 0 Å². The fraction of sp³-hybridized carbons (Fsp3) is 0. The van der Waals surface area contributed by atoms with Crippen LogP contribution in [0.3, 0.4) is 0 Å². The van der Waals surface area contributed by atoms with Gasteiger partial charge in [0.1, 0.15) is 0 Å². The average Bonchev–Trinajstić information content (AvgIpc) is 3.87. The summed E-state index contributed by atoms with van der Waals surface area (Å²) >= 11 is 2.10. The number of aromatic nitrogens is 2. The molecule has 0 unspecified atom stereocenters. The monoisotopic (exact) mass is 818 g/mol. The SMILES string of the molecule is c1ccc(-c2nc(-c3ccc4c(c3)c3cc(-c5cccc6c5sc5ccccc56)ccc3c3c4ccc4c5ccccc5[se]c43)nc3c2ccc2ccccc23)cc1. The second kappa shape index (κ2) is 12.4. The molecule has 0 N–H and O–H groups in total. The predicted molar refractivity (Wildman–Crippen MR) is 251 cm³/mol. The molecule has 0 fully saturated rings. The number of hydrogen-bond donors (Lipinski definition) is 0. The van der Waals surface area contributed by atoms with Gasteiger partial charge in [-0.25, -0.2) is 0 Å². The first-order valence-corrected chi connectivity index (χ1v) is 22.2. The van der Waals surface area contributed by atoms with Crippen molar-refractivity contribution in [3.05, 3.63) is 182 Å². The van der Waals surface area contributed by atoms with Crippen LogP contribution in [-0.2, 0) is 0 Å². The first-order valence-electron chi connectivity index (χ1n) is 19.6. The molecule has 0 aliphatic heterocycles. The van der Waals surface area contributed by atoms with Gasteiger partial charge in [0.05, 0.1) is 0 Å². The van der Waals surface area contributed by atoms with Crippen LogP contribution >= 0.6 is 11.3 Å². The molecule has 268 valence electrons. The predicted octanol–water partition coefficient (Wildman–Crippen LogP) is 15.0. The summed E-state index contributed by atoms with van der Waals surface area (Å²) in [6.07, 6.45) is 0. The zero-order valence-corrected chi connectivity index (χ0v) is 33.6. The molecule has 58 heavy (non-hydrogen) atoms. The molecule has 0 saturated carbocycles. The van der Waals surface area contributed by atoms with Gasteiger partial charge in [0.2, 0.25) is 0 Å². The first kappa shape index (κ1) is 32.4. The number of thiophene rings is 1. The van der Waals surface area contributed by atoms with Crippen molar-refractivity contribution in [2.45, 2.75) is 0 Å². The Balaban J connectivity index is 1.13. The fourth-order valence-corrected chi connectivity index (χ4v) is 13.2. The quantitative estimate of drug-likeness (QED) is 0.131. The molecule has 13 aromatic rings. The summed E-state index contributed by atoms with van der Waals surface area (Å²) in [5.74, 6) is 0.733. The molecule has 13 rings (SSSR count). The van der Waals surface area contributed by atoms with Gasteiger partial charge in [-0.15, -0.1) is 0 Å².